The van der Waals surface area contributed by atoms with Crippen LogP contribution in [0.1, 0.15) is 51.9 Å². The van der Waals surface area contributed by atoms with Crippen molar-refractivity contribution in [2.24, 2.45) is 0 Å². The van der Waals surface area contributed by atoms with Crippen molar-refractivity contribution in [3.63, 3.8) is 0 Å². The number of amides is 1. The third-order valence-corrected chi connectivity index (χ3v) is 6.69. The van der Waals surface area contributed by atoms with Gasteiger partial charge in [0.1, 0.15) is 5.75 Å². The minimum absolute atomic E-state index is 0.0507. The molecule has 0 aliphatic heterocycles. The van der Waals surface area contributed by atoms with Crippen LogP contribution in [0.4, 0.5) is 0 Å². The molecule has 3 aromatic rings. The van der Waals surface area contributed by atoms with Gasteiger partial charge < -0.3 is 10.1 Å². The summed E-state index contributed by atoms with van der Waals surface area (Å²) in [6.07, 6.45) is 11.9. The molecule has 7 nitrogen and oxygen atoms in total. The summed E-state index contributed by atoms with van der Waals surface area (Å²) in [5, 5.41) is 12.7. The molecule has 0 bridgehead atoms. The van der Waals surface area contributed by atoms with Gasteiger partial charge in [-0.1, -0.05) is 43.9 Å². The van der Waals surface area contributed by atoms with Crippen molar-refractivity contribution in [1.29, 1.82) is 0 Å². The Morgan fingerprint density at radius 1 is 1.09 bits per heavy atom. The predicted octanol–water partition coefficient (Wildman–Crippen LogP) is 5.05. The maximum atomic E-state index is 12.7. The number of thioether (sulfide) groups is 1. The van der Waals surface area contributed by atoms with E-state index in [1.807, 2.05) is 47.9 Å². The van der Waals surface area contributed by atoms with Crippen LogP contribution in [-0.2, 0) is 4.79 Å². The monoisotopic (exact) mass is 465 g/mol. The fourth-order valence-corrected chi connectivity index (χ4v) is 4.90. The van der Waals surface area contributed by atoms with Gasteiger partial charge in [0.25, 0.3) is 0 Å². The SMILES string of the molecule is CCOc1ccc(-n2c(SCC(=O)NC3CCCCCCC3)nnc2-c2cccnc2)cc1. The number of nitrogens with one attached hydrogen (secondary N) is 1. The van der Waals surface area contributed by atoms with Gasteiger partial charge in [-0.15, -0.1) is 10.2 Å². The zero-order valence-electron chi connectivity index (χ0n) is 19.1. The lowest BCUT2D eigenvalue weighted by Gasteiger charge is -2.20. The first-order valence-corrected chi connectivity index (χ1v) is 12.7. The first-order valence-electron chi connectivity index (χ1n) is 11.8. The zero-order valence-corrected chi connectivity index (χ0v) is 19.9. The molecular weight excluding hydrogens is 434 g/mol. The number of carbonyl (C=O) groups is 1. The number of benzene rings is 1. The molecule has 1 amide bonds. The first kappa shape index (κ1) is 23.3. The Kier molecular flexibility index (Phi) is 8.35. The Bertz CT molecular complexity index is 1020. The standard InChI is InChI=1S/C25H31N5O2S/c1-2-32-22-14-12-21(13-15-22)30-24(19-9-8-16-26-17-19)28-29-25(30)33-18-23(31)27-20-10-6-4-3-5-7-11-20/h8-9,12-17,20H,2-7,10-11,18H2,1H3,(H,27,31). The Balaban J connectivity index is 1.51. The Hall–Kier alpha value is -2.87. The highest BCUT2D eigenvalue weighted by Crippen LogP contribution is 2.28. The molecule has 8 heteroatoms. The van der Waals surface area contributed by atoms with E-state index < -0.39 is 0 Å². The number of aromatic nitrogens is 4. The maximum absolute atomic E-state index is 12.7. The Morgan fingerprint density at radius 2 is 1.85 bits per heavy atom. The van der Waals surface area contributed by atoms with Crippen LogP contribution >= 0.6 is 11.8 Å². The van der Waals surface area contributed by atoms with Gasteiger partial charge in [-0.25, -0.2) is 0 Å². The second-order valence-corrected chi connectivity index (χ2v) is 9.15. The van der Waals surface area contributed by atoms with Crippen molar-refractivity contribution in [2.75, 3.05) is 12.4 Å². The lowest BCUT2D eigenvalue weighted by atomic mass is 9.97. The molecule has 0 spiro atoms. The van der Waals surface area contributed by atoms with E-state index in [9.17, 15) is 4.79 Å². The molecule has 33 heavy (non-hydrogen) atoms. The molecule has 2 heterocycles. The minimum Gasteiger partial charge on any atom is -0.494 e. The van der Waals surface area contributed by atoms with E-state index in [-0.39, 0.29) is 11.9 Å². The van der Waals surface area contributed by atoms with Crippen LogP contribution in [0.3, 0.4) is 0 Å². The molecule has 2 aromatic heterocycles. The molecular formula is C25H31N5O2S. The normalized spacial score (nSPS) is 14.9. The van der Waals surface area contributed by atoms with Gasteiger partial charge in [0.05, 0.1) is 12.4 Å². The summed E-state index contributed by atoms with van der Waals surface area (Å²) in [5.41, 5.74) is 1.77. The maximum Gasteiger partial charge on any atom is 0.230 e. The zero-order chi connectivity index (χ0) is 22.9. The highest BCUT2D eigenvalue weighted by Gasteiger charge is 2.19. The third kappa shape index (κ3) is 6.35. The molecule has 0 saturated heterocycles. The molecule has 4 rings (SSSR count). The fraction of sp³-hybridized carbons (Fsp3) is 0.440. The summed E-state index contributed by atoms with van der Waals surface area (Å²) in [6, 6.07) is 11.9. The molecule has 1 aromatic carbocycles. The quantitative estimate of drug-likeness (QED) is 0.469. The Morgan fingerprint density at radius 3 is 2.55 bits per heavy atom. The van der Waals surface area contributed by atoms with Gasteiger partial charge in [0.2, 0.25) is 5.91 Å². The molecule has 1 aliphatic rings. The molecule has 174 valence electrons. The van der Waals surface area contributed by atoms with Crippen molar-refractivity contribution < 1.29 is 9.53 Å². The third-order valence-electron chi connectivity index (χ3n) is 5.76. The number of hydrogen-bond donors (Lipinski definition) is 1. The summed E-state index contributed by atoms with van der Waals surface area (Å²) < 4.78 is 7.56. The highest BCUT2D eigenvalue weighted by atomic mass is 32.2. The second-order valence-electron chi connectivity index (χ2n) is 8.21. The number of carbonyl (C=O) groups excluding carboxylic acids is 1. The molecule has 1 fully saturated rings. The number of ether oxygens (including phenoxy) is 1. The topological polar surface area (TPSA) is 81.9 Å². The molecule has 1 saturated carbocycles. The fourth-order valence-electron chi connectivity index (χ4n) is 4.14. The lowest BCUT2D eigenvalue weighted by Crippen LogP contribution is -2.36. The number of pyridine rings is 1. The lowest BCUT2D eigenvalue weighted by molar-refractivity contribution is -0.119. The van der Waals surface area contributed by atoms with Crippen molar-refractivity contribution in [2.45, 2.75) is 63.1 Å². The highest BCUT2D eigenvalue weighted by molar-refractivity contribution is 7.99. The predicted molar refractivity (Wildman–Crippen MR) is 131 cm³/mol. The van der Waals surface area contributed by atoms with Crippen molar-refractivity contribution in [1.82, 2.24) is 25.1 Å². The molecule has 1 N–H and O–H groups in total. The average Bonchev–Trinajstić information content (AvgIpc) is 3.25. The van der Waals surface area contributed by atoms with Crippen molar-refractivity contribution in [3.05, 3.63) is 48.8 Å². The minimum atomic E-state index is 0.0507. The van der Waals surface area contributed by atoms with Crippen LogP contribution in [-0.4, -0.2) is 44.1 Å². The Labute approximate surface area is 199 Å². The molecule has 1 aliphatic carbocycles. The van der Waals surface area contributed by atoms with E-state index in [1.165, 1.54) is 43.9 Å². The van der Waals surface area contributed by atoms with Crippen LogP contribution in [0.2, 0.25) is 0 Å². The number of hydrogen-bond acceptors (Lipinski definition) is 6. The molecule has 0 atom stereocenters. The van der Waals surface area contributed by atoms with Gasteiger partial charge in [-0.05, 0) is 56.2 Å². The van der Waals surface area contributed by atoms with Crippen LogP contribution in [0.5, 0.6) is 5.75 Å². The molecule has 0 unspecified atom stereocenters. The summed E-state index contributed by atoms with van der Waals surface area (Å²) >= 11 is 1.40. The first-order chi connectivity index (χ1) is 16.2. The second kappa shape index (κ2) is 11.8. The van der Waals surface area contributed by atoms with Crippen LogP contribution in [0.25, 0.3) is 17.1 Å². The average molecular weight is 466 g/mol. The van der Waals surface area contributed by atoms with Crippen LogP contribution in [0, 0.1) is 0 Å². The van der Waals surface area contributed by atoms with E-state index in [1.54, 1.807) is 12.4 Å². The van der Waals surface area contributed by atoms with E-state index in [0.29, 0.717) is 23.3 Å². The summed E-state index contributed by atoms with van der Waals surface area (Å²) in [5.74, 6) is 1.86. The van der Waals surface area contributed by atoms with Gasteiger partial charge in [-0.2, -0.15) is 0 Å². The largest absolute Gasteiger partial charge is 0.494 e. The number of nitrogens with zero attached hydrogens (tertiary/aromatic N) is 4. The van der Waals surface area contributed by atoms with Gasteiger partial charge in [0, 0.05) is 29.7 Å². The van der Waals surface area contributed by atoms with E-state index in [4.69, 9.17) is 4.74 Å². The molecule has 0 radical (unpaired) electrons. The smallest absolute Gasteiger partial charge is 0.230 e. The van der Waals surface area contributed by atoms with Crippen molar-refractivity contribution in [3.8, 4) is 22.8 Å². The number of rotatable bonds is 8. The van der Waals surface area contributed by atoms with Gasteiger partial charge >= 0.3 is 0 Å². The summed E-state index contributed by atoms with van der Waals surface area (Å²) in [4.78, 5) is 16.9. The van der Waals surface area contributed by atoms with Gasteiger partial charge in [-0.3, -0.25) is 14.3 Å². The van der Waals surface area contributed by atoms with Crippen LogP contribution in [0.15, 0.2) is 53.9 Å². The van der Waals surface area contributed by atoms with E-state index in [2.05, 4.69) is 20.5 Å². The summed E-state index contributed by atoms with van der Waals surface area (Å²) in [6.45, 7) is 2.58. The van der Waals surface area contributed by atoms with E-state index >= 15 is 0 Å². The van der Waals surface area contributed by atoms with Crippen molar-refractivity contribution >= 4 is 17.7 Å². The van der Waals surface area contributed by atoms with E-state index in [0.717, 1.165) is 29.8 Å². The van der Waals surface area contributed by atoms with Gasteiger partial charge in [0.15, 0.2) is 11.0 Å². The van der Waals surface area contributed by atoms with Crippen LogP contribution < -0.4 is 10.1 Å². The summed E-state index contributed by atoms with van der Waals surface area (Å²) in [7, 11) is 0.